The van der Waals surface area contributed by atoms with Gasteiger partial charge in [-0.2, -0.15) is 0 Å². The van der Waals surface area contributed by atoms with Crippen molar-refractivity contribution in [2.75, 3.05) is 6.54 Å². The van der Waals surface area contributed by atoms with Gasteiger partial charge in [0.15, 0.2) is 5.78 Å². The highest BCUT2D eigenvalue weighted by molar-refractivity contribution is 7.89. The van der Waals surface area contributed by atoms with E-state index >= 15 is 0 Å². The van der Waals surface area contributed by atoms with Crippen LogP contribution in [0.3, 0.4) is 0 Å². The van der Waals surface area contributed by atoms with E-state index < -0.39 is 10.0 Å². The van der Waals surface area contributed by atoms with E-state index in [4.69, 9.17) is 5.73 Å². The number of benzene rings is 1. The van der Waals surface area contributed by atoms with E-state index in [1.165, 1.54) is 19.1 Å². The van der Waals surface area contributed by atoms with Crippen molar-refractivity contribution in [1.29, 1.82) is 0 Å². The number of halogens is 1. The number of nitrogens with one attached hydrogen (secondary N) is 1. The van der Waals surface area contributed by atoms with Gasteiger partial charge in [-0.15, -0.1) is 12.4 Å². The Morgan fingerprint density at radius 3 is 2.71 bits per heavy atom. The predicted octanol–water partition coefficient (Wildman–Crippen LogP) is 1.72. The number of sulfonamides is 1. The highest BCUT2D eigenvalue weighted by Crippen LogP contribution is 2.26. The van der Waals surface area contributed by atoms with Crippen LogP contribution in [0.4, 0.5) is 0 Å². The zero-order chi connectivity index (χ0) is 14.8. The van der Waals surface area contributed by atoms with Gasteiger partial charge in [0.2, 0.25) is 10.0 Å². The molecule has 0 amide bonds. The number of nitrogens with two attached hydrogens (primary N) is 1. The van der Waals surface area contributed by atoms with Gasteiger partial charge >= 0.3 is 0 Å². The molecular formula is C14H21ClN2O3S. The zero-order valence-electron chi connectivity index (χ0n) is 11.9. The number of ketones is 1. The van der Waals surface area contributed by atoms with Gasteiger partial charge in [-0.3, -0.25) is 4.79 Å². The molecule has 0 aliphatic heterocycles. The Labute approximate surface area is 131 Å². The van der Waals surface area contributed by atoms with Crippen LogP contribution >= 0.6 is 12.4 Å². The minimum atomic E-state index is -3.60. The summed E-state index contributed by atoms with van der Waals surface area (Å²) in [5, 5.41) is 0. The standard InChI is InChI=1S/C14H20N2O3S.ClH/c1-10(17)11-4-2-6-13(8-11)20(18,19)16-14-7-3-5-12(14)9-15;/h2,4,6,8,12,14,16H,3,5,7,9,15H2,1H3;1H. The van der Waals surface area contributed by atoms with Crippen LogP contribution in [-0.4, -0.2) is 26.8 Å². The monoisotopic (exact) mass is 332 g/mol. The SMILES string of the molecule is CC(=O)c1cccc(S(=O)(=O)NC2CCCC2CN)c1.Cl. The predicted molar refractivity (Wildman–Crippen MR) is 84.2 cm³/mol. The summed E-state index contributed by atoms with van der Waals surface area (Å²) in [7, 11) is -3.60. The molecule has 0 aromatic heterocycles. The summed E-state index contributed by atoms with van der Waals surface area (Å²) in [6.07, 6.45) is 2.76. The van der Waals surface area contributed by atoms with Crippen LogP contribution in [0.15, 0.2) is 29.2 Å². The first-order valence-electron chi connectivity index (χ1n) is 6.77. The van der Waals surface area contributed by atoms with Crippen LogP contribution < -0.4 is 10.5 Å². The molecule has 5 nitrogen and oxygen atoms in total. The Balaban J connectivity index is 0.00000220. The van der Waals surface area contributed by atoms with E-state index in [2.05, 4.69) is 4.72 Å². The van der Waals surface area contributed by atoms with Crippen LogP contribution in [0.2, 0.25) is 0 Å². The van der Waals surface area contributed by atoms with Crippen LogP contribution in [0.5, 0.6) is 0 Å². The second kappa shape index (κ2) is 7.35. The number of carbonyl (C=O) groups is 1. The average Bonchev–Trinajstić information content (AvgIpc) is 2.85. The Hall–Kier alpha value is -0.950. The fourth-order valence-corrected chi connectivity index (χ4v) is 4.01. The molecule has 2 unspecified atom stereocenters. The van der Waals surface area contributed by atoms with E-state index in [-0.39, 0.29) is 35.0 Å². The molecule has 118 valence electrons. The topological polar surface area (TPSA) is 89.3 Å². The van der Waals surface area contributed by atoms with Crippen molar-refractivity contribution >= 4 is 28.2 Å². The summed E-state index contributed by atoms with van der Waals surface area (Å²) in [6, 6.07) is 6.00. The van der Waals surface area contributed by atoms with Crippen LogP contribution in [0.25, 0.3) is 0 Å². The molecule has 21 heavy (non-hydrogen) atoms. The molecule has 0 heterocycles. The van der Waals surface area contributed by atoms with E-state index in [1.807, 2.05) is 0 Å². The Kier molecular flexibility index (Phi) is 6.34. The fraction of sp³-hybridized carbons (Fsp3) is 0.500. The van der Waals surface area contributed by atoms with E-state index in [1.54, 1.807) is 12.1 Å². The molecule has 1 aromatic rings. The zero-order valence-corrected chi connectivity index (χ0v) is 13.5. The lowest BCUT2D eigenvalue weighted by Crippen LogP contribution is -2.39. The van der Waals surface area contributed by atoms with Crippen molar-refractivity contribution in [2.24, 2.45) is 11.7 Å². The first-order chi connectivity index (χ1) is 9.44. The third kappa shape index (κ3) is 4.26. The first kappa shape index (κ1) is 18.1. The summed E-state index contributed by atoms with van der Waals surface area (Å²) in [5.41, 5.74) is 6.06. The fourth-order valence-electron chi connectivity index (χ4n) is 2.62. The van der Waals surface area contributed by atoms with Crippen molar-refractivity contribution < 1.29 is 13.2 Å². The van der Waals surface area contributed by atoms with Gasteiger partial charge in [0.1, 0.15) is 0 Å². The molecular weight excluding hydrogens is 312 g/mol. The largest absolute Gasteiger partial charge is 0.330 e. The number of hydrogen-bond acceptors (Lipinski definition) is 4. The minimum absolute atomic E-state index is 0. The Bertz CT molecular complexity index is 604. The molecule has 1 saturated carbocycles. The van der Waals surface area contributed by atoms with Crippen LogP contribution in [0, 0.1) is 5.92 Å². The second-order valence-corrected chi connectivity index (χ2v) is 6.95. The van der Waals surface area contributed by atoms with Crippen LogP contribution in [-0.2, 0) is 10.0 Å². The van der Waals surface area contributed by atoms with Crippen LogP contribution in [0.1, 0.15) is 36.5 Å². The Morgan fingerprint density at radius 1 is 1.38 bits per heavy atom. The van der Waals surface area contributed by atoms with Gasteiger partial charge in [-0.05, 0) is 44.4 Å². The number of hydrogen-bond donors (Lipinski definition) is 2. The lowest BCUT2D eigenvalue weighted by atomic mass is 10.1. The van der Waals surface area contributed by atoms with Crippen molar-refractivity contribution in [3.8, 4) is 0 Å². The highest BCUT2D eigenvalue weighted by atomic mass is 35.5. The normalized spacial score (nSPS) is 21.8. The van der Waals surface area contributed by atoms with Crippen molar-refractivity contribution in [1.82, 2.24) is 4.72 Å². The molecule has 0 saturated heterocycles. The summed E-state index contributed by atoms with van der Waals surface area (Å²) < 4.78 is 27.4. The smallest absolute Gasteiger partial charge is 0.240 e. The summed E-state index contributed by atoms with van der Waals surface area (Å²) >= 11 is 0. The van der Waals surface area contributed by atoms with E-state index in [0.717, 1.165) is 19.3 Å². The van der Waals surface area contributed by atoms with Gasteiger partial charge in [-0.1, -0.05) is 18.6 Å². The van der Waals surface area contributed by atoms with Crippen molar-refractivity contribution in [3.63, 3.8) is 0 Å². The van der Waals surface area contributed by atoms with Crippen molar-refractivity contribution in [2.45, 2.75) is 37.1 Å². The molecule has 3 N–H and O–H groups in total. The molecule has 1 aliphatic rings. The maximum Gasteiger partial charge on any atom is 0.240 e. The van der Waals surface area contributed by atoms with E-state index in [9.17, 15) is 13.2 Å². The minimum Gasteiger partial charge on any atom is -0.330 e. The van der Waals surface area contributed by atoms with Gasteiger partial charge in [-0.25, -0.2) is 13.1 Å². The molecule has 1 fully saturated rings. The number of carbonyl (C=O) groups excluding carboxylic acids is 1. The summed E-state index contributed by atoms with van der Waals surface area (Å²) in [6.45, 7) is 1.90. The lowest BCUT2D eigenvalue weighted by molar-refractivity contribution is 0.101. The van der Waals surface area contributed by atoms with Gasteiger partial charge < -0.3 is 5.73 Å². The molecule has 1 aliphatic carbocycles. The van der Waals surface area contributed by atoms with E-state index in [0.29, 0.717) is 12.1 Å². The molecule has 0 radical (unpaired) electrons. The molecule has 0 bridgehead atoms. The van der Waals surface area contributed by atoms with Crippen molar-refractivity contribution in [3.05, 3.63) is 29.8 Å². The van der Waals surface area contributed by atoms with Gasteiger partial charge in [0, 0.05) is 11.6 Å². The third-order valence-corrected chi connectivity index (χ3v) is 5.31. The lowest BCUT2D eigenvalue weighted by Gasteiger charge is -2.19. The van der Waals surface area contributed by atoms with Gasteiger partial charge in [0.25, 0.3) is 0 Å². The summed E-state index contributed by atoms with van der Waals surface area (Å²) in [4.78, 5) is 11.5. The Morgan fingerprint density at radius 2 is 2.10 bits per heavy atom. The molecule has 2 rings (SSSR count). The molecule has 1 aromatic carbocycles. The maximum absolute atomic E-state index is 12.4. The van der Waals surface area contributed by atoms with Gasteiger partial charge in [0.05, 0.1) is 4.90 Å². The maximum atomic E-state index is 12.4. The quantitative estimate of drug-likeness (QED) is 0.803. The average molecular weight is 333 g/mol. The molecule has 2 atom stereocenters. The second-order valence-electron chi connectivity index (χ2n) is 5.24. The number of rotatable bonds is 5. The highest BCUT2D eigenvalue weighted by Gasteiger charge is 2.30. The number of Topliss-reactive ketones (excluding diaryl/α,β-unsaturated/α-hetero) is 1. The molecule has 0 spiro atoms. The third-order valence-electron chi connectivity index (χ3n) is 3.82. The summed E-state index contributed by atoms with van der Waals surface area (Å²) in [5.74, 6) is 0.0449. The molecule has 7 heteroatoms. The first-order valence-corrected chi connectivity index (χ1v) is 8.26.